The maximum atomic E-state index is 12.6. The molecule has 0 saturated heterocycles. The highest BCUT2D eigenvalue weighted by Crippen LogP contribution is 2.30. The summed E-state index contributed by atoms with van der Waals surface area (Å²) >= 11 is -1.09. The number of carbonyl (C=O) groups excluding carboxylic acids is 1. The van der Waals surface area contributed by atoms with E-state index in [0.717, 1.165) is 11.3 Å². The van der Waals surface area contributed by atoms with Crippen LogP contribution in [0.25, 0.3) is 0 Å². The highest BCUT2D eigenvalue weighted by Gasteiger charge is 2.18. The first kappa shape index (κ1) is 19.5. The molecule has 0 aliphatic heterocycles. The highest BCUT2D eigenvalue weighted by molar-refractivity contribution is 7.80. The van der Waals surface area contributed by atoms with Gasteiger partial charge in [0, 0.05) is 16.9 Å². The van der Waals surface area contributed by atoms with Gasteiger partial charge in [-0.2, -0.15) is 0 Å². The number of hydrogen-bond donors (Lipinski definition) is 5. The fourth-order valence-corrected chi connectivity index (χ4v) is 3.49. The second-order valence-electron chi connectivity index (χ2n) is 5.50. The highest BCUT2D eigenvalue weighted by atomic mass is 32.2. The van der Waals surface area contributed by atoms with Crippen LogP contribution in [-0.4, -0.2) is 30.6 Å². The van der Waals surface area contributed by atoms with Crippen molar-refractivity contribution in [3.63, 3.8) is 0 Å². The number of hydrogen-bond acceptors (Lipinski definition) is 7. The summed E-state index contributed by atoms with van der Waals surface area (Å²) in [5.41, 5.74) is 7.36. The quantitative estimate of drug-likeness (QED) is 0.290. The lowest BCUT2D eigenvalue weighted by atomic mass is 10.1. The van der Waals surface area contributed by atoms with Crippen LogP contribution in [0.4, 0.5) is 22.3 Å². The summed E-state index contributed by atoms with van der Waals surface area (Å²) in [6.07, 6.45) is 0. The van der Waals surface area contributed by atoms with Gasteiger partial charge in [-0.1, -0.05) is 23.5 Å². The van der Waals surface area contributed by atoms with Crippen LogP contribution in [0.1, 0.15) is 25.6 Å². The van der Waals surface area contributed by atoms with Crippen LogP contribution >= 0.6 is 11.3 Å². The van der Waals surface area contributed by atoms with Crippen molar-refractivity contribution in [2.45, 2.75) is 0 Å². The number of anilines is 4. The van der Waals surface area contributed by atoms with Gasteiger partial charge in [0.05, 0.1) is 5.56 Å². The second-order valence-corrected chi connectivity index (χ2v) is 7.20. The van der Waals surface area contributed by atoms with Crippen molar-refractivity contribution in [1.29, 1.82) is 0 Å². The maximum absolute atomic E-state index is 12.6. The molecule has 2 aromatic carbocycles. The van der Waals surface area contributed by atoms with Gasteiger partial charge in [-0.05, 0) is 36.4 Å². The Balaban J connectivity index is 1.76. The zero-order chi connectivity index (χ0) is 20.3. The number of aromatic nitrogens is 1. The third-order valence-electron chi connectivity index (χ3n) is 3.59. The van der Waals surface area contributed by atoms with Crippen molar-refractivity contribution < 1.29 is 23.5 Å². The molecule has 0 aliphatic rings. The van der Waals surface area contributed by atoms with Gasteiger partial charge in [0.15, 0.2) is 5.13 Å². The summed E-state index contributed by atoms with van der Waals surface area (Å²) in [7, 11) is 0. The molecular weight excluding hydrogens is 404 g/mol. The van der Waals surface area contributed by atoms with E-state index >= 15 is 0 Å². The van der Waals surface area contributed by atoms with Crippen LogP contribution in [-0.2, 0) is 11.3 Å². The van der Waals surface area contributed by atoms with E-state index in [2.05, 4.69) is 15.0 Å². The lowest BCUT2D eigenvalue weighted by Gasteiger charge is -2.04. The average molecular weight is 418 g/mol. The first-order valence-corrected chi connectivity index (χ1v) is 9.65. The topological polar surface area (TPSA) is 155 Å². The molecule has 0 fully saturated rings. The molecule has 0 saturated carbocycles. The molecule has 1 atom stereocenters. The van der Waals surface area contributed by atoms with Gasteiger partial charge in [-0.15, -0.1) is 0 Å². The molecule has 28 heavy (non-hydrogen) atoms. The molecule has 6 N–H and O–H groups in total. The molecule has 144 valence electrons. The molecule has 3 aromatic rings. The molecule has 0 aliphatic carbocycles. The van der Waals surface area contributed by atoms with Crippen molar-refractivity contribution in [2.24, 2.45) is 0 Å². The van der Waals surface area contributed by atoms with Gasteiger partial charge in [-0.3, -0.25) is 14.1 Å². The van der Waals surface area contributed by atoms with E-state index in [9.17, 15) is 13.8 Å². The number of ketones is 1. The summed E-state index contributed by atoms with van der Waals surface area (Å²) in [5.74, 6) is -1.37. The van der Waals surface area contributed by atoms with Crippen molar-refractivity contribution in [3.05, 3.63) is 64.5 Å². The van der Waals surface area contributed by atoms with E-state index in [4.69, 9.17) is 15.4 Å². The monoisotopic (exact) mass is 418 g/mol. The Bertz CT molecular complexity index is 1050. The SMILES string of the molecule is Nc1nc(Nc2ccc(NS(=O)O)cc2)sc1C(=O)c1ccc(C(=O)O)cc1. The molecule has 1 aromatic heterocycles. The van der Waals surface area contributed by atoms with Gasteiger partial charge < -0.3 is 16.2 Å². The third kappa shape index (κ3) is 4.52. The number of carboxylic acid groups (broad SMARTS) is 1. The zero-order valence-corrected chi connectivity index (χ0v) is 15.7. The van der Waals surface area contributed by atoms with Crippen molar-refractivity contribution >= 4 is 56.7 Å². The number of nitrogens with zero attached hydrogens (tertiary/aromatic N) is 1. The van der Waals surface area contributed by atoms with Gasteiger partial charge in [0.2, 0.25) is 5.78 Å². The summed E-state index contributed by atoms with van der Waals surface area (Å²) in [5, 5.41) is 12.3. The van der Waals surface area contributed by atoms with Crippen molar-refractivity contribution in [1.82, 2.24) is 4.98 Å². The molecule has 9 nitrogen and oxygen atoms in total. The fraction of sp³-hybridized carbons (Fsp3) is 0. The predicted molar refractivity (Wildman–Crippen MR) is 107 cm³/mol. The number of benzene rings is 2. The minimum Gasteiger partial charge on any atom is -0.478 e. The molecular formula is C17H14N4O5S2. The van der Waals surface area contributed by atoms with Crippen LogP contribution < -0.4 is 15.8 Å². The number of carbonyl (C=O) groups is 2. The molecule has 0 bridgehead atoms. The minimum atomic E-state index is -2.16. The van der Waals surface area contributed by atoms with Crippen LogP contribution in [0.5, 0.6) is 0 Å². The second kappa shape index (κ2) is 8.17. The number of thiazole rings is 1. The van der Waals surface area contributed by atoms with E-state index in [0.29, 0.717) is 22.1 Å². The number of rotatable bonds is 7. The predicted octanol–water partition coefficient (Wildman–Crippen LogP) is 2.95. The Morgan fingerprint density at radius 2 is 1.57 bits per heavy atom. The third-order valence-corrected chi connectivity index (χ3v) is 4.99. The normalized spacial score (nSPS) is 11.6. The Morgan fingerprint density at radius 1 is 1.00 bits per heavy atom. The summed E-state index contributed by atoms with van der Waals surface area (Å²) < 4.78 is 21.9. The summed E-state index contributed by atoms with van der Waals surface area (Å²) in [4.78, 5) is 27.9. The lowest BCUT2D eigenvalue weighted by Crippen LogP contribution is -2.03. The van der Waals surface area contributed by atoms with Crippen LogP contribution in [0.15, 0.2) is 48.5 Å². The van der Waals surface area contributed by atoms with Crippen molar-refractivity contribution in [3.8, 4) is 0 Å². The molecule has 11 heteroatoms. The van der Waals surface area contributed by atoms with Gasteiger partial charge in [0.1, 0.15) is 10.7 Å². The first-order chi connectivity index (χ1) is 13.3. The fourth-order valence-electron chi connectivity index (χ4n) is 2.29. The Labute approximate surface area is 165 Å². The molecule has 0 radical (unpaired) electrons. The Morgan fingerprint density at radius 3 is 2.14 bits per heavy atom. The summed E-state index contributed by atoms with van der Waals surface area (Å²) in [6, 6.07) is 12.1. The van der Waals surface area contributed by atoms with E-state index in [1.165, 1.54) is 24.3 Å². The van der Waals surface area contributed by atoms with E-state index in [-0.39, 0.29) is 22.0 Å². The zero-order valence-electron chi connectivity index (χ0n) is 14.1. The van der Waals surface area contributed by atoms with E-state index in [1.54, 1.807) is 24.3 Å². The molecule has 0 amide bonds. The maximum Gasteiger partial charge on any atom is 0.335 e. The largest absolute Gasteiger partial charge is 0.478 e. The lowest BCUT2D eigenvalue weighted by molar-refractivity contribution is 0.0696. The molecule has 3 rings (SSSR count). The van der Waals surface area contributed by atoms with Crippen LogP contribution in [0.3, 0.4) is 0 Å². The Hall–Kier alpha value is -3.28. The van der Waals surface area contributed by atoms with E-state index < -0.39 is 17.2 Å². The van der Waals surface area contributed by atoms with Gasteiger partial charge >= 0.3 is 5.97 Å². The van der Waals surface area contributed by atoms with E-state index in [1.807, 2.05) is 0 Å². The Kier molecular flexibility index (Phi) is 5.68. The number of nitrogens with one attached hydrogen (secondary N) is 2. The number of aromatic carboxylic acids is 1. The van der Waals surface area contributed by atoms with Crippen LogP contribution in [0.2, 0.25) is 0 Å². The number of carboxylic acids is 1. The van der Waals surface area contributed by atoms with Gasteiger partial charge in [0.25, 0.3) is 11.3 Å². The average Bonchev–Trinajstić information content (AvgIpc) is 3.02. The minimum absolute atomic E-state index is 0.0637. The smallest absolute Gasteiger partial charge is 0.335 e. The van der Waals surface area contributed by atoms with Crippen molar-refractivity contribution in [2.75, 3.05) is 15.8 Å². The molecule has 0 spiro atoms. The standard InChI is InChI=1S/C17H14N4O5S2/c18-15-14(13(22)9-1-3-10(4-2-9)16(23)24)27-17(20-15)19-11-5-7-12(8-6-11)21-28(25)26/h1-8,21H,18H2,(H,19,20)(H,23,24)(H,25,26). The molecule has 1 unspecified atom stereocenters. The summed E-state index contributed by atoms with van der Waals surface area (Å²) in [6.45, 7) is 0. The number of nitrogens with two attached hydrogens (primary N) is 1. The van der Waals surface area contributed by atoms with Crippen LogP contribution in [0, 0.1) is 0 Å². The number of nitrogen functional groups attached to an aromatic ring is 1. The molecule has 1 heterocycles. The first-order valence-electron chi connectivity index (χ1n) is 7.72. The van der Waals surface area contributed by atoms with Gasteiger partial charge in [-0.25, -0.2) is 14.0 Å².